The van der Waals surface area contributed by atoms with Gasteiger partial charge in [0.05, 0.1) is 17.3 Å². The van der Waals surface area contributed by atoms with Crippen molar-refractivity contribution in [3.8, 4) is 17.3 Å². The van der Waals surface area contributed by atoms with E-state index in [1.54, 1.807) is 0 Å². The molecule has 1 aliphatic heterocycles. The first-order valence-electron chi connectivity index (χ1n) is 9.50. The lowest BCUT2D eigenvalue weighted by Crippen LogP contribution is -2.48. The number of benzene rings is 2. The molecule has 0 atom stereocenters. The van der Waals surface area contributed by atoms with Crippen LogP contribution >= 0.6 is 11.6 Å². The van der Waals surface area contributed by atoms with Crippen LogP contribution < -0.4 is 0 Å². The SMILES string of the molecule is Cc1nc(Cl)c(-c2cc(C(=O)N3CC(c4ccc(C#N)cc4)C3)c(C)cc2C)[nH]1. The van der Waals surface area contributed by atoms with E-state index in [0.29, 0.717) is 35.3 Å². The lowest BCUT2D eigenvalue weighted by atomic mass is 9.89. The van der Waals surface area contributed by atoms with Gasteiger partial charge in [0, 0.05) is 30.1 Å². The summed E-state index contributed by atoms with van der Waals surface area (Å²) in [5.74, 6) is 1.08. The maximum atomic E-state index is 13.1. The van der Waals surface area contributed by atoms with E-state index >= 15 is 0 Å². The monoisotopic (exact) mass is 404 g/mol. The Labute approximate surface area is 175 Å². The highest BCUT2D eigenvalue weighted by Gasteiger charge is 2.33. The predicted molar refractivity (Wildman–Crippen MR) is 113 cm³/mol. The van der Waals surface area contributed by atoms with Crippen LogP contribution in [0.4, 0.5) is 0 Å². The molecule has 1 fully saturated rings. The number of likely N-dealkylation sites (tertiary alicyclic amines) is 1. The fraction of sp³-hybridized carbons (Fsp3) is 0.261. The summed E-state index contributed by atoms with van der Waals surface area (Å²) in [5, 5.41) is 9.35. The van der Waals surface area contributed by atoms with Gasteiger partial charge in [0.1, 0.15) is 5.82 Å². The third-order valence-electron chi connectivity index (χ3n) is 5.53. The topological polar surface area (TPSA) is 72.8 Å². The second-order valence-corrected chi connectivity index (χ2v) is 7.97. The van der Waals surface area contributed by atoms with Gasteiger partial charge < -0.3 is 9.88 Å². The summed E-state index contributed by atoms with van der Waals surface area (Å²) < 4.78 is 0. The molecular weight excluding hydrogens is 384 g/mol. The quantitative estimate of drug-likeness (QED) is 0.683. The van der Waals surface area contributed by atoms with Crippen LogP contribution in [0.1, 0.15) is 44.4 Å². The molecule has 0 radical (unpaired) electrons. The largest absolute Gasteiger partial charge is 0.341 e. The molecule has 6 heteroatoms. The van der Waals surface area contributed by atoms with Crippen molar-refractivity contribution in [2.75, 3.05) is 13.1 Å². The minimum Gasteiger partial charge on any atom is -0.341 e. The number of hydrogen-bond acceptors (Lipinski definition) is 3. The molecule has 0 aliphatic carbocycles. The Morgan fingerprint density at radius 3 is 2.45 bits per heavy atom. The third kappa shape index (κ3) is 3.52. The van der Waals surface area contributed by atoms with E-state index in [2.05, 4.69) is 16.0 Å². The number of hydrogen-bond donors (Lipinski definition) is 1. The molecule has 0 unspecified atom stereocenters. The minimum atomic E-state index is 0.0287. The summed E-state index contributed by atoms with van der Waals surface area (Å²) in [6.45, 7) is 7.18. The number of halogens is 1. The number of amides is 1. The standard InChI is InChI=1S/C23H21ClN4O/c1-13-8-14(2)20(9-19(13)21-22(24)27-15(3)26-21)23(29)28-11-18(12-28)17-6-4-16(10-25)5-7-17/h4-9,18H,11-12H2,1-3H3,(H,26,27). The third-order valence-corrected chi connectivity index (χ3v) is 5.80. The first-order chi connectivity index (χ1) is 13.9. The van der Waals surface area contributed by atoms with E-state index < -0.39 is 0 Å². The average molecular weight is 405 g/mol. The van der Waals surface area contributed by atoms with Crippen LogP contribution in [0.5, 0.6) is 0 Å². The van der Waals surface area contributed by atoms with Crippen LogP contribution in [-0.4, -0.2) is 33.9 Å². The molecule has 29 heavy (non-hydrogen) atoms. The van der Waals surface area contributed by atoms with E-state index in [1.807, 2.05) is 62.1 Å². The second kappa shape index (κ2) is 7.38. The van der Waals surface area contributed by atoms with E-state index in [4.69, 9.17) is 16.9 Å². The van der Waals surface area contributed by atoms with Gasteiger partial charge in [-0.1, -0.05) is 29.8 Å². The Hall–Kier alpha value is -3.10. The van der Waals surface area contributed by atoms with E-state index in [1.165, 1.54) is 0 Å². The Kier molecular flexibility index (Phi) is 4.89. The van der Waals surface area contributed by atoms with E-state index in [9.17, 15) is 4.79 Å². The molecule has 4 rings (SSSR count). The first-order valence-corrected chi connectivity index (χ1v) is 9.88. The Bertz CT molecular complexity index is 1130. The molecule has 1 amide bonds. The molecule has 1 saturated heterocycles. The van der Waals surface area contributed by atoms with Crippen molar-refractivity contribution < 1.29 is 4.79 Å². The van der Waals surface area contributed by atoms with Gasteiger partial charge in [0.2, 0.25) is 0 Å². The summed E-state index contributed by atoms with van der Waals surface area (Å²) in [7, 11) is 0. The molecule has 1 N–H and O–H groups in total. The summed E-state index contributed by atoms with van der Waals surface area (Å²) in [6.07, 6.45) is 0. The molecule has 1 aromatic heterocycles. The summed E-state index contributed by atoms with van der Waals surface area (Å²) in [4.78, 5) is 22.4. The zero-order valence-corrected chi connectivity index (χ0v) is 17.3. The molecule has 0 spiro atoms. The van der Waals surface area contributed by atoms with E-state index in [0.717, 1.165) is 33.8 Å². The summed E-state index contributed by atoms with van der Waals surface area (Å²) in [6, 6.07) is 13.7. The number of imidazole rings is 1. The van der Waals surface area contributed by atoms with Gasteiger partial charge in [0.25, 0.3) is 5.91 Å². The van der Waals surface area contributed by atoms with Crippen molar-refractivity contribution in [2.24, 2.45) is 0 Å². The maximum absolute atomic E-state index is 13.1. The van der Waals surface area contributed by atoms with Crippen molar-refractivity contribution in [2.45, 2.75) is 26.7 Å². The van der Waals surface area contributed by atoms with Gasteiger partial charge in [-0.2, -0.15) is 5.26 Å². The van der Waals surface area contributed by atoms with Crippen molar-refractivity contribution in [1.82, 2.24) is 14.9 Å². The first kappa shape index (κ1) is 19.2. The van der Waals surface area contributed by atoms with Gasteiger partial charge in [-0.25, -0.2) is 4.98 Å². The number of nitrogens with zero attached hydrogens (tertiary/aromatic N) is 3. The maximum Gasteiger partial charge on any atom is 0.254 e. The van der Waals surface area contributed by atoms with Gasteiger partial charge >= 0.3 is 0 Å². The van der Waals surface area contributed by atoms with Crippen LogP contribution in [0.25, 0.3) is 11.3 Å². The fourth-order valence-electron chi connectivity index (χ4n) is 3.85. The predicted octanol–water partition coefficient (Wildman–Crippen LogP) is 4.77. The molecule has 0 bridgehead atoms. The zero-order valence-electron chi connectivity index (χ0n) is 16.6. The summed E-state index contributed by atoms with van der Waals surface area (Å²) >= 11 is 6.28. The molecule has 146 valence electrons. The lowest BCUT2D eigenvalue weighted by Gasteiger charge is -2.40. The van der Waals surface area contributed by atoms with Crippen molar-refractivity contribution >= 4 is 17.5 Å². The number of H-pyrrole nitrogens is 1. The number of nitrogens with one attached hydrogen (secondary N) is 1. The average Bonchev–Trinajstić information content (AvgIpc) is 2.99. The van der Waals surface area contributed by atoms with Gasteiger partial charge in [-0.3, -0.25) is 4.79 Å². The van der Waals surface area contributed by atoms with Crippen LogP contribution in [0.15, 0.2) is 36.4 Å². The van der Waals surface area contributed by atoms with Crippen molar-refractivity contribution in [3.63, 3.8) is 0 Å². The van der Waals surface area contributed by atoms with Crippen molar-refractivity contribution in [3.05, 3.63) is 75.2 Å². The minimum absolute atomic E-state index is 0.0287. The van der Waals surface area contributed by atoms with Crippen LogP contribution in [0.3, 0.4) is 0 Å². The number of nitriles is 1. The smallest absolute Gasteiger partial charge is 0.254 e. The molecule has 5 nitrogen and oxygen atoms in total. The molecule has 3 aromatic rings. The number of aromatic nitrogens is 2. The number of rotatable bonds is 3. The van der Waals surface area contributed by atoms with Crippen molar-refractivity contribution in [1.29, 1.82) is 5.26 Å². The number of carbonyl (C=O) groups is 1. The number of aromatic amines is 1. The lowest BCUT2D eigenvalue weighted by molar-refractivity contribution is 0.0601. The highest BCUT2D eigenvalue weighted by Crippen LogP contribution is 2.33. The zero-order chi connectivity index (χ0) is 20.7. The number of aryl methyl sites for hydroxylation is 3. The Balaban J connectivity index is 1.56. The molecule has 1 aliphatic rings. The molecule has 0 saturated carbocycles. The Morgan fingerprint density at radius 2 is 1.86 bits per heavy atom. The highest BCUT2D eigenvalue weighted by molar-refractivity contribution is 6.32. The molecular formula is C23H21ClN4O. The highest BCUT2D eigenvalue weighted by atomic mass is 35.5. The van der Waals surface area contributed by atoms with Gasteiger partial charge in [-0.15, -0.1) is 0 Å². The second-order valence-electron chi connectivity index (χ2n) is 7.61. The Morgan fingerprint density at radius 1 is 1.17 bits per heavy atom. The molecule has 2 aromatic carbocycles. The van der Waals surface area contributed by atoms with Gasteiger partial charge in [0.15, 0.2) is 5.15 Å². The molecule has 2 heterocycles. The fourth-order valence-corrected chi connectivity index (χ4v) is 4.13. The van der Waals surface area contributed by atoms with E-state index in [-0.39, 0.29) is 5.91 Å². The number of carbonyl (C=O) groups excluding carboxylic acids is 1. The van der Waals surface area contributed by atoms with Gasteiger partial charge in [-0.05, 0) is 55.7 Å². The van der Waals surface area contributed by atoms with Crippen LogP contribution in [0, 0.1) is 32.1 Å². The normalized spacial score (nSPS) is 13.8. The summed E-state index contributed by atoms with van der Waals surface area (Å²) in [5.41, 5.74) is 6.13. The van der Waals surface area contributed by atoms with Crippen LogP contribution in [-0.2, 0) is 0 Å². The van der Waals surface area contributed by atoms with Crippen LogP contribution in [0.2, 0.25) is 5.15 Å².